The highest BCUT2D eigenvalue weighted by atomic mass is 16.4. The summed E-state index contributed by atoms with van der Waals surface area (Å²) in [7, 11) is 0. The monoisotopic (exact) mass is 173 g/mol. The molecule has 72 valence electrons. The molecular formula is C9H19NO2. The van der Waals surface area contributed by atoms with Crippen molar-refractivity contribution in [2.24, 2.45) is 0 Å². The number of carbonyl (C=O) groups is 1. The molecule has 0 aromatic heterocycles. The van der Waals surface area contributed by atoms with Gasteiger partial charge in [0, 0.05) is 6.04 Å². The highest BCUT2D eigenvalue weighted by molar-refractivity contribution is 5.72. The van der Waals surface area contributed by atoms with Gasteiger partial charge in [0.15, 0.2) is 0 Å². The molecule has 1 N–H and O–H groups in total. The molecule has 0 fully saturated rings. The van der Waals surface area contributed by atoms with E-state index in [1.54, 1.807) is 6.92 Å². The number of hydrogen-bond acceptors (Lipinski definition) is 2. The van der Waals surface area contributed by atoms with Gasteiger partial charge in [-0.2, -0.15) is 0 Å². The first-order valence-corrected chi connectivity index (χ1v) is 4.49. The van der Waals surface area contributed by atoms with Crippen molar-refractivity contribution in [3.05, 3.63) is 0 Å². The summed E-state index contributed by atoms with van der Waals surface area (Å²) in [6.45, 7) is 8.69. The Morgan fingerprint density at radius 2 is 1.92 bits per heavy atom. The lowest BCUT2D eigenvalue weighted by molar-refractivity contribution is -0.143. The van der Waals surface area contributed by atoms with Gasteiger partial charge in [-0.1, -0.05) is 6.92 Å². The highest BCUT2D eigenvalue weighted by Crippen LogP contribution is 2.06. The van der Waals surface area contributed by atoms with E-state index < -0.39 is 5.97 Å². The van der Waals surface area contributed by atoms with Crippen molar-refractivity contribution in [1.82, 2.24) is 4.90 Å². The lowest BCUT2D eigenvalue weighted by Gasteiger charge is -2.29. The van der Waals surface area contributed by atoms with Crippen molar-refractivity contribution < 1.29 is 9.90 Å². The van der Waals surface area contributed by atoms with Crippen LogP contribution >= 0.6 is 0 Å². The molecule has 1 unspecified atom stereocenters. The fourth-order valence-corrected chi connectivity index (χ4v) is 1.30. The number of nitrogens with zero attached hydrogens (tertiary/aromatic N) is 1. The maximum absolute atomic E-state index is 10.7. The van der Waals surface area contributed by atoms with Gasteiger partial charge in [-0.3, -0.25) is 9.69 Å². The lowest BCUT2D eigenvalue weighted by atomic mass is 10.2. The van der Waals surface area contributed by atoms with Crippen molar-refractivity contribution in [3.8, 4) is 0 Å². The zero-order chi connectivity index (χ0) is 9.72. The maximum Gasteiger partial charge on any atom is 0.320 e. The van der Waals surface area contributed by atoms with Crippen LogP contribution in [0.15, 0.2) is 0 Å². The Hall–Kier alpha value is -0.570. The summed E-state index contributed by atoms with van der Waals surface area (Å²) >= 11 is 0. The number of rotatable bonds is 5. The Bertz CT molecular complexity index is 145. The number of carboxylic acids is 1. The smallest absolute Gasteiger partial charge is 0.320 e. The fourth-order valence-electron chi connectivity index (χ4n) is 1.30. The molecule has 12 heavy (non-hydrogen) atoms. The fraction of sp³-hybridized carbons (Fsp3) is 0.889. The molecule has 0 aliphatic rings. The SMILES string of the molecule is CCCN(C(C)C)C(C)C(=O)O. The van der Waals surface area contributed by atoms with Crippen LogP contribution in [0.25, 0.3) is 0 Å². The molecule has 0 heterocycles. The third-order valence-corrected chi connectivity index (χ3v) is 2.00. The first-order valence-electron chi connectivity index (χ1n) is 4.49. The van der Waals surface area contributed by atoms with Crippen LogP contribution in [0.3, 0.4) is 0 Å². The van der Waals surface area contributed by atoms with Crippen LogP contribution in [0.4, 0.5) is 0 Å². The molecule has 0 spiro atoms. The molecule has 0 rings (SSSR count). The second-order valence-corrected chi connectivity index (χ2v) is 3.35. The van der Waals surface area contributed by atoms with E-state index >= 15 is 0 Å². The summed E-state index contributed by atoms with van der Waals surface area (Å²) in [5.41, 5.74) is 0. The van der Waals surface area contributed by atoms with Crippen molar-refractivity contribution in [1.29, 1.82) is 0 Å². The van der Waals surface area contributed by atoms with Gasteiger partial charge in [0.25, 0.3) is 0 Å². The molecule has 0 aromatic rings. The zero-order valence-electron chi connectivity index (χ0n) is 8.37. The van der Waals surface area contributed by atoms with Gasteiger partial charge in [0.05, 0.1) is 0 Å². The average molecular weight is 173 g/mol. The van der Waals surface area contributed by atoms with E-state index in [0.29, 0.717) is 6.04 Å². The quantitative estimate of drug-likeness (QED) is 0.686. The Balaban J connectivity index is 4.18. The van der Waals surface area contributed by atoms with Crippen LogP contribution in [-0.4, -0.2) is 34.6 Å². The minimum absolute atomic E-state index is 0.302. The molecule has 1 atom stereocenters. The van der Waals surface area contributed by atoms with Crippen LogP contribution < -0.4 is 0 Å². The van der Waals surface area contributed by atoms with E-state index in [0.717, 1.165) is 13.0 Å². The number of aliphatic carboxylic acids is 1. The lowest BCUT2D eigenvalue weighted by Crippen LogP contribution is -2.43. The minimum atomic E-state index is -0.739. The van der Waals surface area contributed by atoms with Crippen molar-refractivity contribution in [3.63, 3.8) is 0 Å². The Kier molecular flexibility index (Phi) is 4.90. The van der Waals surface area contributed by atoms with Gasteiger partial charge in [0.2, 0.25) is 0 Å². The van der Waals surface area contributed by atoms with Crippen molar-refractivity contribution in [2.45, 2.75) is 46.2 Å². The molecular weight excluding hydrogens is 154 g/mol. The second-order valence-electron chi connectivity index (χ2n) is 3.35. The largest absolute Gasteiger partial charge is 0.480 e. The molecule has 0 aliphatic heterocycles. The summed E-state index contributed by atoms with van der Waals surface area (Å²) < 4.78 is 0. The van der Waals surface area contributed by atoms with Gasteiger partial charge < -0.3 is 5.11 Å². The van der Waals surface area contributed by atoms with Crippen LogP contribution in [-0.2, 0) is 4.79 Å². The highest BCUT2D eigenvalue weighted by Gasteiger charge is 2.21. The predicted octanol–water partition coefficient (Wildman–Crippen LogP) is 1.58. The van der Waals surface area contributed by atoms with E-state index in [9.17, 15) is 4.79 Å². The summed E-state index contributed by atoms with van der Waals surface area (Å²) in [6.07, 6.45) is 0.996. The van der Waals surface area contributed by atoms with Gasteiger partial charge in [-0.15, -0.1) is 0 Å². The van der Waals surface area contributed by atoms with E-state index in [1.165, 1.54) is 0 Å². The van der Waals surface area contributed by atoms with Crippen molar-refractivity contribution >= 4 is 5.97 Å². The average Bonchev–Trinajstić information content (AvgIpc) is 1.98. The molecule has 3 heteroatoms. The molecule has 0 amide bonds. The van der Waals surface area contributed by atoms with Crippen LogP contribution in [0.1, 0.15) is 34.1 Å². The summed E-state index contributed by atoms with van der Waals surface area (Å²) in [4.78, 5) is 12.7. The van der Waals surface area contributed by atoms with E-state index in [1.807, 2.05) is 18.7 Å². The molecule has 0 aliphatic carbocycles. The van der Waals surface area contributed by atoms with E-state index in [-0.39, 0.29) is 6.04 Å². The third kappa shape index (κ3) is 3.22. The number of hydrogen-bond donors (Lipinski definition) is 1. The zero-order valence-corrected chi connectivity index (χ0v) is 8.37. The molecule has 3 nitrogen and oxygen atoms in total. The maximum atomic E-state index is 10.7. The summed E-state index contributed by atoms with van der Waals surface area (Å²) in [5, 5.41) is 8.79. The Labute approximate surface area is 74.4 Å². The standard InChI is InChI=1S/C9H19NO2/c1-5-6-10(7(2)3)8(4)9(11)12/h7-8H,5-6H2,1-4H3,(H,11,12). The van der Waals surface area contributed by atoms with E-state index in [2.05, 4.69) is 6.92 Å². The van der Waals surface area contributed by atoms with E-state index in [4.69, 9.17) is 5.11 Å². The van der Waals surface area contributed by atoms with Gasteiger partial charge in [-0.25, -0.2) is 0 Å². The third-order valence-electron chi connectivity index (χ3n) is 2.00. The van der Waals surface area contributed by atoms with Crippen molar-refractivity contribution in [2.75, 3.05) is 6.54 Å². The number of carboxylic acid groups (broad SMARTS) is 1. The van der Waals surface area contributed by atoms with Crippen LogP contribution in [0.2, 0.25) is 0 Å². The Morgan fingerprint density at radius 3 is 2.17 bits per heavy atom. The molecule has 0 radical (unpaired) electrons. The van der Waals surface area contributed by atoms with Crippen LogP contribution in [0, 0.1) is 0 Å². The summed E-state index contributed by atoms with van der Waals surface area (Å²) in [6, 6.07) is -0.0685. The predicted molar refractivity (Wildman–Crippen MR) is 49.2 cm³/mol. The normalized spacial score (nSPS) is 13.8. The molecule has 0 aromatic carbocycles. The topological polar surface area (TPSA) is 40.5 Å². The molecule has 0 saturated heterocycles. The van der Waals surface area contributed by atoms with Gasteiger partial charge in [-0.05, 0) is 33.7 Å². The van der Waals surface area contributed by atoms with Crippen LogP contribution in [0.5, 0.6) is 0 Å². The molecule has 0 saturated carbocycles. The first-order chi connectivity index (χ1) is 5.50. The van der Waals surface area contributed by atoms with Gasteiger partial charge in [0.1, 0.15) is 6.04 Å². The summed E-state index contributed by atoms with van der Waals surface area (Å²) in [5.74, 6) is -0.739. The molecule has 0 bridgehead atoms. The van der Waals surface area contributed by atoms with Gasteiger partial charge >= 0.3 is 5.97 Å². The Morgan fingerprint density at radius 1 is 1.42 bits per heavy atom. The minimum Gasteiger partial charge on any atom is -0.480 e. The first kappa shape index (κ1) is 11.4. The second kappa shape index (κ2) is 5.14.